The highest BCUT2D eigenvalue weighted by Gasteiger charge is 2.32. The highest BCUT2D eigenvalue weighted by Crippen LogP contribution is 2.41. The number of anilines is 1. The van der Waals surface area contributed by atoms with E-state index in [0.29, 0.717) is 17.2 Å². The number of benzene rings is 2. The van der Waals surface area contributed by atoms with Crippen molar-refractivity contribution in [3.63, 3.8) is 0 Å². The fraction of sp³-hybridized carbons (Fsp3) is 0.300. The van der Waals surface area contributed by atoms with Crippen LogP contribution in [-0.2, 0) is 39.5 Å². The second kappa shape index (κ2) is 13.9. The van der Waals surface area contributed by atoms with Crippen LogP contribution in [0, 0.1) is 23.5 Å². The molecular formula is C30H27ClF5N5O3S2. The molecule has 2 aromatic carbocycles. The number of aromatic nitrogens is 3. The van der Waals surface area contributed by atoms with Crippen molar-refractivity contribution in [3.05, 3.63) is 76.1 Å². The summed E-state index contributed by atoms with van der Waals surface area (Å²) in [7, 11) is -3.06. The molecule has 2 heterocycles. The molecule has 0 radical (unpaired) electrons. The summed E-state index contributed by atoms with van der Waals surface area (Å²) in [6.07, 6.45) is -1.76. The number of rotatable bonds is 10. The van der Waals surface area contributed by atoms with Gasteiger partial charge in [-0.15, -0.1) is 0 Å². The van der Waals surface area contributed by atoms with Crippen LogP contribution in [0.3, 0.4) is 0 Å². The third-order valence-corrected chi connectivity index (χ3v) is 9.13. The lowest BCUT2D eigenvalue weighted by molar-refractivity contribution is -0.141. The Morgan fingerprint density at radius 1 is 1.04 bits per heavy atom. The summed E-state index contributed by atoms with van der Waals surface area (Å²) >= 11 is 6.45. The number of amides is 1. The standard InChI is InChI=1S/C30H27ClF5N5O3S2/c1-29(2,45(3)43)10-9-20-5-6-21(26(38-20)24(37-16-42)13-17-11-18(32)14-19(33)12-17)22-7-8-23(31)25-27(22)41(15-30(34,35)36)39-28(25)40-46(4)44/h5-8,11-12,14,16,24H,13,15H2,1-4H3,(H,37,42)(H,39,40). The Labute approximate surface area is 271 Å². The Kier molecular flexibility index (Phi) is 10.5. The molecule has 1 amide bonds. The minimum absolute atomic E-state index is 0.0183. The van der Waals surface area contributed by atoms with Gasteiger partial charge in [0, 0.05) is 40.5 Å². The third-order valence-electron chi connectivity index (χ3n) is 6.80. The molecule has 8 nitrogen and oxygen atoms in total. The summed E-state index contributed by atoms with van der Waals surface area (Å²) in [5, 5.41) is 6.69. The summed E-state index contributed by atoms with van der Waals surface area (Å²) in [4.78, 5) is 16.4. The zero-order valence-electron chi connectivity index (χ0n) is 24.8. The molecule has 2 aromatic heterocycles. The van der Waals surface area contributed by atoms with Gasteiger partial charge >= 0.3 is 6.18 Å². The fourth-order valence-electron chi connectivity index (χ4n) is 4.60. The van der Waals surface area contributed by atoms with Gasteiger partial charge in [-0.05, 0) is 62.1 Å². The molecule has 0 aliphatic rings. The summed E-state index contributed by atoms with van der Waals surface area (Å²) in [5.41, 5.74) is 0.710. The van der Waals surface area contributed by atoms with E-state index in [1.807, 2.05) is 0 Å². The van der Waals surface area contributed by atoms with E-state index in [2.05, 4.69) is 32.0 Å². The topological polar surface area (TPSA) is 106 Å². The molecular weight excluding hydrogens is 673 g/mol. The van der Waals surface area contributed by atoms with E-state index in [0.717, 1.165) is 12.1 Å². The number of nitrogens with one attached hydrogen (secondary N) is 2. The molecule has 16 heteroatoms. The van der Waals surface area contributed by atoms with Crippen LogP contribution >= 0.6 is 11.6 Å². The Morgan fingerprint density at radius 3 is 2.28 bits per heavy atom. The van der Waals surface area contributed by atoms with E-state index >= 15 is 0 Å². The van der Waals surface area contributed by atoms with Crippen LogP contribution in [0.25, 0.3) is 22.0 Å². The van der Waals surface area contributed by atoms with Crippen LogP contribution in [0.1, 0.15) is 36.8 Å². The van der Waals surface area contributed by atoms with Crippen molar-refractivity contribution < 1.29 is 35.2 Å². The smallest absolute Gasteiger partial charge is 0.350 e. The monoisotopic (exact) mass is 699 g/mol. The largest absolute Gasteiger partial charge is 0.408 e. The molecule has 2 N–H and O–H groups in total. The zero-order valence-corrected chi connectivity index (χ0v) is 27.1. The first-order valence-corrected chi connectivity index (χ1v) is 16.9. The minimum Gasteiger partial charge on any atom is -0.350 e. The van der Waals surface area contributed by atoms with Crippen LogP contribution in [0.15, 0.2) is 42.5 Å². The Bertz CT molecular complexity index is 1900. The second-order valence-corrected chi connectivity index (χ2v) is 14.1. The molecule has 0 aliphatic carbocycles. The molecule has 0 aliphatic heterocycles. The number of pyridine rings is 1. The van der Waals surface area contributed by atoms with Crippen molar-refractivity contribution >= 4 is 56.5 Å². The van der Waals surface area contributed by atoms with Gasteiger partial charge in [0.2, 0.25) is 6.41 Å². The lowest BCUT2D eigenvalue weighted by Gasteiger charge is -2.21. The summed E-state index contributed by atoms with van der Waals surface area (Å²) < 4.78 is 95.9. The first-order valence-electron chi connectivity index (χ1n) is 13.4. The van der Waals surface area contributed by atoms with Crippen molar-refractivity contribution in [2.75, 3.05) is 17.2 Å². The maximum absolute atomic E-state index is 14.1. The summed E-state index contributed by atoms with van der Waals surface area (Å²) in [6.45, 7) is 1.81. The number of hydrogen-bond acceptors (Lipinski definition) is 5. The molecule has 46 heavy (non-hydrogen) atoms. The van der Waals surface area contributed by atoms with Crippen LogP contribution in [0.2, 0.25) is 5.02 Å². The van der Waals surface area contributed by atoms with E-state index < -0.39 is 56.9 Å². The molecule has 0 bridgehead atoms. The molecule has 0 spiro atoms. The molecule has 0 fully saturated rings. The highest BCUT2D eigenvalue weighted by atomic mass is 35.5. The maximum Gasteiger partial charge on any atom is 0.408 e. The predicted molar refractivity (Wildman–Crippen MR) is 169 cm³/mol. The van der Waals surface area contributed by atoms with Crippen molar-refractivity contribution in [1.29, 1.82) is 0 Å². The van der Waals surface area contributed by atoms with Crippen LogP contribution in [0.4, 0.5) is 27.8 Å². The average molecular weight is 700 g/mol. The highest BCUT2D eigenvalue weighted by molar-refractivity contribution is 7.86. The number of halogens is 6. The lowest BCUT2D eigenvalue weighted by Crippen LogP contribution is -2.24. The normalized spacial score (nSPS) is 13.9. The number of nitrogens with zero attached hydrogens (tertiary/aromatic N) is 3. The van der Waals surface area contributed by atoms with Crippen LogP contribution in [0.5, 0.6) is 0 Å². The van der Waals surface area contributed by atoms with Gasteiger partial charge in [0.15, 0.2) is 5.82 Å². The van der Waals surface area contributed by atoms with Crippen molar-refractivity contribution in [1.82, 2.24) is 20.1 Å². The zero-order chi connectivity index (χ0) is 34.0. The molecule has 4 aromatic rings. The Balaban J connectivity index is 2.04. The third kappa shape index (κ3) is 8.28. The SMILES string of the molecule is CS(=O)Nc1nn(CC(F)(F)F)c2c(-c3ccc(C#CC(C)(C)S(C)=O)nc3C(Cc3cc(F)cc(F)c3)NC=O)ccc(Cl)c12. The van der Waals surface area contributed by atoms with E-state index in [-0.39, 0.29) is 56.2 Å². The first kappa shape index (κ1) is 35.0. The first-order chi connectivity index (χ1) is 21.5. The number of fused-ring (bicyclic) bond motifs is 1. The van der Waals surface area contributed by atoms with Crippen molar-refractivity contribution in [2.24, 2.45) is 0 Å². The second-order valence-electron chi connectivity index (χ2n) is 10.7. The lowest BCUT2D eigenvalue weighted by atomic mass is 9.94. The van der Waals surface area contributed by atoms with Gasteiger partial charge in [0.05, 0.1) is 27.7 Å². The summed E-state index contributed by atoms with van der Waals surface area (Å²) in [5.74, 6) is 3.89. The van der Waals surface area contributed by atoms with Gasteiger partial charge < -0.3 is 5.32 Å². The van der Waals surface area contributed by atoms with E-state index in [1.54, 1.807) is 13.8 Å². The fourth-order valence-corrected chi connectivity index (χ4v) is 5.45. The molecule has 0 saturated carbocycles. The molecule has 3 unspecified atom stereocenters. The maximum atomic E-state index is 14.1. The van der Waals surface area contributed by atoms with E-state index in [1.165, 1.54) is 36.8 Å². The molecule has 244 valence electrons. The van der Waals surface area contributed by atoms with Crippen molar-refractivity contribution in [3.8, 4) is 23.0 Å². The van der Waals surface area contributed by atoms with Gasteiger partial charge in [-0.2, -0.15) is 18.3 Å². The summed E-state index contributed by atoms with van der Waals surface area (Å²) in [6, 6.07) is 7.66. The minimum atomic E-state index is -4.71. The number of carbonyl (C=O) groups is 1. The number of hydrogen-bond donors (Lipinski definition) is 2. The van der Waals surface area contributed by atoms with Gasteiger partial charge in [-0.1, -0.05) is 23.6 Å². The Hall–Kier alpha value is -3.87. The van der Waals surface area contributed by atoms with Crippen molar-refractivity contribution in [2.45, 2.75) is 43.8 Å². The van der Waals surface area contributed by atoms with E-state index in [4.69, 9.17) is 11.6 Å². The molecule has 4 rings (SSSR count). The molecule has 0 saturated heterocycles. The van der Waals surface area contributed by atoms with E-state index in [9.17, 15) is 35.2 Å². The van der Waals surface area contributed by atoms with Gasteiger partial charge in [-0.25, -0.2) is 18.0 Å². The van der Waals surface area contributed by atoms with Crippen LogP contribution < -0.4 is 10.0 Å². The van der Waals surface area contributed by atoms with Gasteiger partial charge in [-0.3, -0.25) is 18.4 Å². The quantitative estimate of drug-likeness (QED) is 0.123. The number of alkyl halides is 3. The van der Waals surface area contributed by atoms with Crippen LogP contribution in [-0.4, -0.2) is 53.0 Å². The molecule has 3 atom stereocenters. The predicted octanol–water partition coefficient (Wildman–Crippen LogP) is 5.84. The number of carbonyl (C=O) groups excluding carboxylic acids is 1. The Morgan fingerprint density at radius 2 is 1.70 bits per heavy atom. The van der Waals surface area contributed by atoms with Gasteiger partial charge in [0.25, 0.3) is 0 Å². The van der Waals surface area contributed by atoms with Gasteiger partial charge in [0.1, 0.15) is 39.6 Å². The average Bonchev–Trinajstić information content (AvgIpc) is 3.27.